The van der Waals surface area contributed by atoms with Gasteiger partial charge in [-0.15, -0.1) is 0 Å². The molecule has 0 aliphatic carbocycles. The molecule has 0 aliphatic rings. The molecule has 1 heterocycles. The normalized spacial score (nSPS) is 10.3. The minimum Gasteiger partial charge on any atom is -0.481 e. The van der Waals surface area contributed by atoms with E-state index >= 15 is 0 Å². The summed E-state index contributed by atoms with van der Waals surface area (Å²) in [6.45, 7) is 3.99. The highest BCUT2D eigenvalue weighted by molar-refractivity contribution is 5.94. The van der Waals surface area contributed by atoms with Crippen LogP contribution in [-0.2, 0) is 0 Å². The Morgan fingerprint density at radius 2 is 2.21 bits per heavy atom. The summed E-state index contributed by atoms with van der Waals surface area (Å²) in [6.07, 6.45) is 1.84. The quantitative estimate of drug-likeness (QED) is 0.685. The zero-order valence-corrected chi connectivity index (χ0v) is 8.65. The van der Waals surface area contributed by atoms with Crippen molar-refractivity contribution in [1.82, 2.24) is 9.97 Å². The Balaban J connectivity index is 2.79. The smallest absolute Gasteiger partial charge is 0.216 e. The second-order valence-corrected chi connectivity index (χ2v) is 3.47. The molecule has 0 bridgehead atoms. The molecular weight excluding hydrogens is 180 g/mol. The third-order valence-corrected chi connectivity index (χ3v) is 1.73. The highest BCUT2D eigenvalue weighted by atomic mass is 16.5. The number of ether oxygens (including phenoxy) is 1. The first kappa shape index (κ1) is 10.6. The van der Waals surface area contributed by atoms with Gasteiger partial charge in [-0.2, -0.15) is 0 Å². The van der Waals surface area contributed by atoms with Gasteiger partial charge in [-0.3, -0.25) is 4.79 Å². The van der Waals surface area contributed by atoms with Crippen LogP contribution in [-0.4, -0.2) is 22.9 Å². The fourth-order valence-electron chi connectivity index (χ4n) is 1.08. The SMILES string of the molecule is COc1cc(C(=O)CC(C)C)ncn1. The average molecular weight is 194 g/mol. The number of rotatable bonds is 4. The van der Waals surface area contributed by atoms with Crippen molar-refractivity contribution >= 4 is 5.78 Å². The van der Waals surface area contributed by atoms with E-state index in [4.69, 9.17) is 4.74 Å². The van der Waals surface area contributed by atoms with Gasteiger partial charge < -0.3 is 4.74 Å². The highest BCUT2D eigenvalue weighted by Crippen LogP contribution is 2.10. The van der Waals surface area contributed by atoms with Gasteiger partial charge in [0.2, 0.25) is 5.88 Å². The Morgan fingerprint density at radius 3 is 2.79 bits per heavy atom. The Bertz CT molecular complexity index is 324. The monoisotopic (exact) mass is 194 g/mol. The third kappa shape index (κ3) is 2.80. The van der Waals surface area contributed by atoms with Crippen LogP contribution in [0.15, 0.2) is 12.4 Å². The van der Waals surface area contributed by atoms with Crippen molar-refractivity contribution in [2.75, 3.05) is 7.11 Å². The van der Waals surface area contributed by atoms with Crippen molar-refractivity contribution in [2.45, 2.75) is 20.3 Å². The fraction of sp³-hybridized carbons (Fsp3) is 0.500. The molecule has 0 fully saturated rings. The highest BCUT2D eigenvalue weighted by Gasteiger charge is 2.10. The molecule has 0 unspecified atom stereocenters. The molecule has 0 saturated heterocycles. The molecule has 0 spiro atoms. The second kappa shape index (κ2) is 4.69. The molecule has 0 amide bonds. The maximum Gasteiger partial charge on any atom is 0.216 e. The second-order valence-electron chi connectivity index (χ2n) is 3.47. The minimum absolute atomic E-state index is 0.0284. The van der Waals surface area contributed by atoms with Crippen molar-refractivity contribution in [3.05, 3.63) is 18.1 Å². The molecule has 4 heteroatoms. The molecule has 76 valence electrons. The first-order chi connectivity index (χ1) is 6.63. The van der Waals surface area contributed by atoms with Crippen LogP contribution in [0.2, 0.25) is 0 Å². The zero-order valence-electron chi connectivity index (χ0n) is 8.65. The van der Waals surface area contributed by atoms with Gasteiger partial charge in [0.1, 0.15) is 12.0 Å². The molecule has 0 N–H and O–H groups in total. The summed E-state index contributed by atoms with van der Waals surface area (Å²) < 4.78 is 4.91. The zero-order chi connectivity index (χ0) is 10.6. The molecule has 0 radical (unpaired) electrons. The molecule has 1 aromatic rings. The van der Waals surface area contributed by atoms with Crippen molar-refractivity contribution in [2.24, 2.45) is 5.92 Å². The number of Topliss-reactive ketones (excluding diaryl/α,β-unsaturated/α-hetero) is 1. The lowest BCUT2D eigenvalue weighted by atomic mass is 10.1. The average Bonchev–Trinajstić information content (AvgIpc) is 2.17. The number of ketones is 1. The van der Waals surface area contributed by atoms with Gasteiger partial charge in [0.05, 0.1) is 7.11 Å². The Hall–Kier alpha value is -1.45. The Labute approximate surface area is 83.3 Å². The fourth-order valence-corrected chi connectivity index (χ4v) is 1.08. The maximum atomic E-state index is 11.6. The summed E-state index contributed by atoms with van der Waals surface area (Å²) in [5, 5.41) is 0. The van der Waals surface area contributed by atoms with Gasteiger partial charge in [0.15, 0.2) is 5.78 Å². The van der Waals surface area contributed by atoms with E-state index in [9.17, 15) is 4.79 Å². The van der Waals surface area contributed by atoms with Crippen molar-refractivity contribution in [3.8, 4) is 5.88 Å². The van der Waals surface area contributed by atoms with Gasteiger partial charge >= 0.3 is 0 Å². The number of carbonyl (C=O) groups excluding carboxylic acids is 1. The van der Waals surface area contributed by atoms with E-state index < -0.39 is 0 Å². The first-order valence-electron chi connectivity index (χ1n) is 4.52. The lowest BCUT2D eigenvalue weighted by Gasteiger charge is -2.03. The predicted molar refractivity (Wildman–Crippen MR) is 52.4 cm³/mol. The summed E-state index contributed by atoms with van der Waals surface area (Å²) >= 11 is 0. The molecule has 0 aromatic carbocycles. The van der Waals surface area contributed by atoms with E-state index in [0.29, 0.717) is 23.9 Å². The van der Waals surface area contributed by atoms with Crippen LogP contribution in [0.1, 0.15) is 30.8 Å². The summed E-state index contributed by atoms with van der Waals surface area (Å²) in [6, 6.07) is 1.56. The van der Waals surface area contributed by atoms with Crippen LogP contribution in [0.5, 0.6) is 5.88 Å². The molecule has 0 aliphatic heterocycles. The van der Waals surface area contributed by atoms with Gasteiger partial charge in [0.25, 0.3) is 0 Å². The Kier molecular flexibility index (Phi) is 3.56. The van der Waals surface area contributed by atoms with E-state index in [1.807, 2.05) is 13.8 Å². The van der Waals surface area contributed by atoms with Crippen LogP contribution >= 0.6 is 0 Å². The number of hydrogen-bond acceptors (Lipinski definition) is 4. The van der Waals surface area contributed by atoms with E-state index in [-0.39, 0.29) is 5.78 Å². The van der Waals surface area contributed by atoms with Gasteiger partial charge in [-0.25, -0.2) is 9.97 Å². The van der Waals surface area contributed by atoms with Gasteiger partial charge in [-0.1, -0.05) is 13.8 Å². The first-order valence-corrected chi connectivity index (χ1v) is 4.52. The van der Waals surface area contributed by atoms with Crippen LogP contribution in [0, 0.1) is 5.92 Å². The Morgan fingerprint density at radius 1 is 1.50 bits per heavy atom. The van der Waals surface area contributed by atoms with Gasteiger partial charge in [-0.05, 0) is 5.92 Å². The lowest BCUT2D eigenvalue weighted by molar-refractivity contribution is 0.0962. The predicted octanol–water partition coefficient (Wildman–Crippen LogP) is 1.71. The summed E-state index contributed by atoms with van der Waals surface area (Å²) in [5.41, 5.74) is 0.422. The van der Waals surface area contributed by atoms with E-state index in [2.05, 4.69) is 9.97 Å². The molecular formula is C10H14N2O2. The number of nitrogens with zero attached hydrogens (tertiary/aromatic N) is 2. The third-order valence-electron chi connectivity index (χ3n) is 1.73. The summed E-state index contributed by atoms with van der Waals surface area (Å²) in [4.78, 5) is 19.3. The maximum absolute atomic E-state index is 11.6. The van der Waals surface area contributed by atoms with Crippen molar-refractivity contribution in [3.63, 3.8) is 0 Å². The number of aromatic nitrogens is 2. The molecule has 1 rings (SSSR count). The summed E-state index contributed by atoms with van der Waals surface area (Å²) in [7, 11) is 1.51. The van der Waals surface area contributed by atoms with E-state index in [1.165, 1.54) is 13.4 Å². The molecule has 0 saturated carbocycles. The number of hydrogen-bond donors (Lipinski definition) is 0. The van der Waals surface area contributed by atoms with E-state index in [1.54, 1.807) is 6.07 Å². The molecule has 0 atom stereocenters. The van der Waals surface area contributed by atoms with Crippen LogP contribution in [0.25, 0.3) is 0 Å². The largest absolute Gasteiger partial charge is 0.481 e. The lowest BCUT2D eigenvalue weighted by Crippen LogP contribution is -2.06. The van der Waals surface area contributed by atoms with Crippen molar-refractivity contribution < 1.29 is 9.53 Å². The van der Waals surface area contributed by atoms with Crippen LogP contribution < -0.4 is 4.74 Å². The minimum atomic E-state index is 0.0284. The van der Waals surface area contributed by atoms with Crippen LogP contribution in [0.3, 0.4) is 0 Å². The molecule has 14 heavy (non-hydrogen) atoms. The summed E-state index contributed by atoms with van der Waals surface area (Å²) in [5.74, 6) is 0.788. The molecule has 4 nitrogen and oxygen atoms in total. The number of methoxy groups -OCH3 is 1. The van der Waals surface area contributed by atoms with E-state index in [0.717, 1.165) is 0 Å². The molecule has 1 aromatic heterocycles. The standard InChI is InChI=1S/C10H14N2O2/c1-7(2)4-9(13)8-5-10(14-3)12-6-11-8/h5-7H,4H2,1-3H3. The van der Waals surface area contributed by atoms with Crippen molar-refractivity contribution in [1.29, 1.82) is 0 Å². The van der Waals surface area contributed by atoms with Crippen LogP contribution in [0.4, 0.5) is 0 Å². The number of carbonyl (C=O) groups is 1. The van der Waals surface area contributed by atoms with Gasteiger partial charge in [0, 0.05) is 12.5 Å². The topological polar surface area (TPSA) is 52.1 Å².